The predicted molar refractivity (Wildman–Crippen MR) is 69.9 cm³/mol. The van der Waals surface area contributed by atoms with Crippen LogP contribution < -0.4 is 16.0 Å². The number of rotatable bonds is 4. The zero-order valence-corrected chi connectivity index (χ0v) is 10.8. The monoisotopic (exact) mass is 296 g/mol. The first-order valence-electron chi connectivity index (χ1n) is 5.68. The van der Waals surface area contributed by atoms with Crippen molar-refractivity contribution in [2.24, 2.45) is 5.84 Å². The van der Waals surface area contributed by atoms with Crippen LogP contribution in [0.5, 0.6) is 11.6 Å². The lowest BCUT2D eigenvalue weighted by Gasteiger charge is -2.09. The number of nitrogens with two attached hydrogens (primary N) is 1. The SMILES string of the molecule is Cc1ccc([N+](=O)[O-])c(Oc2nc(NN)c(F)cc2F)c1. The highest BCUT2D eigenvalue weighted by molar-refractivity contribution is 5.50. The van der Waals surface area contributed by atoms with Crippen molar-refractivity contribution in [3.8, 4) is 11.6 Å². The zero-order chi connectivity index (χ0) is 15.6. The predicted octanol–water partition coefficient (Wildman–Crippen LogP) is 2.65. The first kappa shape index (κ1) is 14.6. The molecule has 1 heterocycles. The van der Waals surface area contributed by atoms with Gasteiger partial charge >= 0.3 is 5.69 Å². The fourth-order valence-electron chi connectivity index (χ4n) is 1.58. The Morgan fingerprint density at radius 3 is 2.67 bits per heavy atom. The fraction of sp³-hybridized carbons (Fsp3) is 0.0833. The van der Waals surface area contributed by atoms with Crippen LogP contribution in [0.1, 0.15) is 5.56 Å². The van der Waals surface area contributed by atoms with E-state index in [9.17, 15) is 18.9 Å². The lowest BCUT2D eigenvalue weighted by molar-refractivity contribution is -0.385. The van der Waals surface area contributed by atoms with E-state index in [1.807, 2.05) is 5.43 Å². The standard InChI is InChI=1S/C12H10F2N4O3/c1-6-2-3-9(18(19)20)10(4-6)21-12-8(14)5-7(13)11(16-12)17-15/h2-5H,15H2,1H3,(H,16,17). The molecule has 0 aliphatic carbocycles. The first-order chi connectivity index (χ1) is 9.92. The third-order valence-corrected chi connectivity index (χ3v) is 2.55. The summed E-state index contributed by atoms with van der Waals surface area (Å²) < 4.78 is 31.9. The summed E-state index contributed by atoms with van der Waals surface area (Å²) in [6, 6.07) is 4.58. The van der Waals surface area contributed by atoms with E-state index >= 15 is 0 Å². The number of nitrogens with zero attached hydrogens (tertiary/aromatic N) is 2. The summed E-state index contributed by atoms with van der Waals surface area (Å²) in [5, 5.41) is 10.9. The molecule has 0 saturated carbocycles. The molecule has 1 aromatic carbocycles. The number of nitro groups is 1. The third kappa shape index (κ3) is 3.03. The second-order valence-corrected chi connectivity index (χ2v) is 4.08. The molecule has 0 spiro atoms. The van der Waals surface area contributed by atoms with Crippen molar-refractivity contribution < 1.29 is 18.4 Å². The number of nitrogens with one attached hydrogen (secondary N) is 1. The maximum Gasteiger partial charge on any atom is 0.311 e. The van der Waals surface area contributed by atoms with Crippen LogP contribution in [-0.4, -0.2) is 9.91 Å². The molecule has 21 heavy (non-hydrogen) atoms. The van der Waals surface area contributed by atoms with E-state index in [2.05, 4.69) is 4.98 Å². The molecule has 0 aliphatic heterocycles. The van der Waals surface area contributed by atoms with Gasteiger partial charge in [-0.25, -0.2) is 14.6 Å². The van der Waals surface area contributed by atoms with Crippen LogP contribution in [0.2, 0.25) is 0 Å². The maximum absolute atomic E-state index is 13.6. The second kappa shape index (κ2) is 5.67. The molecule has 0 unspecified atom stereocenters. The molecule has 0 fully saturated rings. The molecular formula is C12H10F2N4O3. The van der Waals surface area contributed by atoms with Gasteiger partial charge in [-0.1, -0.05) is 6.07 Å². The van der Waals surface area contributed by atoms with Gasteiger partial charge in [0.25, 0.3) is 5.88 Å². The normalized spacial score (nSPS) is 10.3. The zero-order valence-electron chi connectivity index (χ0n) is 10.8. The van der Waals surface area contributed by atoms with Crippen molar-refractivity contribution in [2.45, 2.75) is 6.92 Å². The van der Waals surface area contributed by atoms with E-state index in [0.717, 1.165) is 0 Å². The molecule has 7 nitrogen and oxygen atoms in total. The molecule has 2 aromatic rings. The summed E-state index contributed by atoms with van der Waals surface area (Å²) in [6.45, 7) is 1.68. The second-order valence-electron chi connectivity index (χ2n) is 4.08. The Bertz CT molecular complexity index is 709. The summed E-state index contributed by atoms with van der Waals surface area (Å²) >= 11 is 0. The number of nitrogen functional groups attached to an aromatic ring is 1. The minimum atomic E-state index is -1.11. The first-order valence-corrected chi connectivity index (χ1v) is 5.68. The van der Waals surface area contributed by atoms with Gasteiger partial charge < -0.3 is 10.2 Å². The van der Waals surface area contributed by atoms with Crippen LogP contribution in [0.15, 0.2) is 24.3 Å². The molecule has 1 aromatic heterocycles. The minimum absolute atomic E-state index is 0.207. The number of pyridine rings is 1. The fourth-order valence-corrected chi connectivity index (χ4v) is 1.58. The van der Waals surface area contributed by atoms with E-state index < -0.39 is 28.3 Å². The molecule has 0 amide bonds. The van der Waals surface area contributed by atoms with E-state index in [-0.39, 0.29) is 11.4 Å². The summed E-state index contributed by atoms with van der Waals surface area (Å²) in [4.78, 5) is 13.7. The number of nitro benzene ring substituents is 1. The summed E-state index contributed by atoms with van der Waals surface area (Å²) in [5.41, 5.74) is 2.23. The summed E-state index contributed by atoms with van der Waals surface area (Å²) in [5.74, 6) is 1.63. The van der Waals surface area contributed by atoms with Crippen molar-refractivity contribution in [3.63, 3.8) is 0 Å². The van der Waals surface area contributed by atoms with E-state index in [0.29, 0.717) is 11.6 Å². The molecule has 2 rings (SSSR count). The van der Waals surface area contributed by atoms with Gasteiger partial charge in [0.1, 0.15) is 0 Å². The Labute approximate surface area is 117 Å². The highest BCUT2D eigenvalue weighted by Crippen LogP contribution is 2.33. The van der Waals surface area contributed by atoms with Gasteiger partial charge in [-0.05, 0) is 18.6 Å². The van der Waals surface area contributed by atoms with Crippen molar-refractivity contribution >= 4 is 11.5 Å². The van der Waals surface area contributed by atoms with Gasteiger partial charge in [-0.15, -0.1) is 0 Å². The lowest BCUT2D eigenvalue weighted by atomic mass is 10.2. The van der Waals surface area contributed by atoms with Gasteiger partial charge in [0.05, 0.1) is 4.92 Å². The number of halogens is 2. The van der Waals surface area contributed by atoms with Crippen LogP contribution in [0.4, 0.5) is 20.3 Å². The molecule has 0 atom stereocenters. The number of hydrogen-bond donors (Lipinski definition) is 2. The molecule has 0 saturated heterocycles. The number of hydrazine groups is 1. The van der Waals surface area contributed by atoms with Crippen molar-refractivity contribution in [3.05, 3.63) is 51.6 Å². The number of aromatic nitrogens is 1. The van der Waals surface area contributed by atoms with Crippen LogP contribution in [-0.2, 0) is 0 Å². The van der Waals surface area contributed by atoms with Crippen molar-refractivity contribution in [2.75, 3.05) is 5.43 Å². The van der Waals surface area contributed by atoms with Crippen LogP contribution in [0.25, 0.3) is 0 Å². The minimum Gasteiger partial charge on any atom is -0.429 e. The Kier molecular flexibility index (Phi) is 3.94. The molecule has 0 radical (unpaired) electrons. The maximum atomic E-state index is 13.6. The van der Waals surface area contributed by atoms with Crippen LogP contribution >= 0.6 is 0 Å². The Morgan fingerprint density at radius 2 is 2.05 bits per heavy atom. The lowest BCUT2D eigenvalue weighted by Crippen LogP contribution is -2.11. The largest absolute Gasteiger partial charge is 0.429 e. The van der Waals surface area contributed by atoms with Crippen LogP contribution in [0, 0.1) is 28.7 Å². The summed E-state index contributed by atoms with van der Waals surface area (Å²) in [7, 11) is 0. The Balaban J connectivity index is 2.47. The summed E-state index contributed by atoms with van der Waals surface area (Å²) in [6.07, 6.45) is 0. The number of benzene rings is 1. The highest BCUT2D eigenvalue weighted by atomic mass is 19.1. The average molecular weight is 296 g/mol. The number of ether oxygens (including phenoxy) is 1. The van der Waals surface area contributed by atoms with E-state index in [4.69, 9.17) is 10.6 Å². The third-order valence-electron chi connectivity index (χ3n) is 2.55. The van der Waals surface area contributed by atoms with Crippen LogP contribution in [0.3, 0.4) is 0 Å². The van der Waals surface area contributed by atoms with Crippen molar-refractivity contribution in [1.82, 2.24) is 4.98 Å². The van der Waals surface area contributed by atoms with Gasteiger partial charge in [0.15, 0.2) is 17.5 Å². The average Bonchev–Trinajstić information content (AvgIpc) is 2.41. The number of hydrogen-bond acceptors (Lipinski definition) is 6. The molecule has 3 N–H and O–H groups in total. The molecular weight excluding hydrogens is 286 g/mol. The number of aryl methyl sites for hydroxylation is 1. The van der Waals surface area contributed by atoms with Gasteiger partial charge in [0.2, 0.25) is 5.75 Å². The highest BCUT2D eigenvalue weighted by Gasteiger charge is 2.19. The number of anilines is 1. The smallest absolute Gasteiger partial charge is 0.311 e. The van der Waals surface area contributed by atoms with Gasteiger partial charge in [-0.2, -0.15) is 4.98 Å². The van der Waals surface area contributed by atoms with Gasteiger partial charge in [0, 0.05) is 12.1 Å². The Hall–Kier alpha value is -2.81. The topological polar surface area (TPSA) is 103 Å². The van der Waals surface area contributed by atoms with E-state index in [1.54, 1.807) is 6.92 Å². The molecule has 9 heteroatoms. The quantitative estimate of drug-likeness (QED) is 0.510. The molecule has 0 aliphatic rings. The van der Waals surface area contributed by atoms with E-state index in [1.165, 1.54) is 18.2 Å². The van der Waals surface area contributed by atoms with Crippen molar-refractivity contribution in [1.29, 1.82) is 0 Å². The van der Waals surface area contributed by atoms with Gasteiger partial charge in [-0.3, -0.25) is 10.1 Å². The Morgan fingerprint density at radius 1 is 1.33 bits per heavy atom. The molecule has 110 valence electrons. The molecule has 0 bridgehead atoms.